The van der Waals surface area contributed by atoms with Gasteiger partial charge in [0.2, 0.25) is 0 Å². The summed E-state index contributed by atoms with van der Waals surface area (Å²) in [5.41, 5.74) is 3.04. The second-order valence-corrected chi connectivity index (χ2v) is 10.1. The minimum atomic E-state index is -0.735. The molecule has 0 amide bonds. The second-order valence-electron chi connectivity index (χ2n) is 9.32. The van der Waals surface area contributed by atoms with E-state index in [2.05, 4.69) is 27.8 Å². The molecule has 36 heavy (non-hydrogen) atoms. The smallest absolute Gasteiger partial charge is 0.303 e. The molecule has 1 fully saturated rings. The first-order chi connectivity index (χ1) is 17.4. The molecule has 0 radical (unpaired) electrons. The van der Waals surface area contributed by atoms with Gasteiger partial charge in [-0.05, 0) is 92.1 Å². The Hall–Kier alpha value is -2.78. The van der Waals surface area contributed by atoms with Crippen LogP contribution in [0.4, 0.5) is 0 Å². The van der Waals surface area contributed by atoms with Crippen molar-refractivity contribution in [2.45, 2.75) is 32.1 Å². The van der Waals surface area contributed by atoms with Gasteiger partial charge in [-0.2, -0.15) is 0 Å². The van der Waals surface area contributed by atoms with Crippen LogP contribution in [0.5, 0.6) is 5.75 Å². The van der Waals surface area contributed by atoms with Gasteiger partial charge < -0.3 is 9.84 Å². The fourth-order valence-corrected chi connectivity index (χ4v) is 5.34. The van der Waals surface area contributed by atoms with E-state index in [0.29, 0.717) is 22.5 Å². The number of carboxylic acids is 1. The lowest BCUT2D eigenvalue weighted by Crippen LogP contribution is -2.41. The zero-order valence-corrected chi connectivity index (χ0v) is 21.9. The Balaban J connectivity index is 1.35. The lowest BCUT2D eigenvalue weighted by atomic mass is 9.80. The summed E-state index contributed by atoms with van der Waals surface area (Å²) in [6.07, 6.45) is 5.98. The van der Waals surface area contributed by atoms with Gasteiger partial charge in [0.05, 0.1) is 29.2 Å². The SMILES string of the molecule is COc1ccc2nccc(CCC[C@@H]3CCN(CC#Cc4ccc(Cl)c(Cl)c4)C[C@@H]3CC(=O)O)c2c1. The molecule has 1 saturated heterocycles. The highest BCUT2D eigenvalue weighted by Gasteiger charge is 2.30. The maximum absolute atomic E-state index is 11.6. The molecule has 4 rings (SSSR count). The predicted octanol–water partition coefficient (Wildman–Crippen LogP) is 6.34. The van der Waals surface area contributed by atoms with Crippen LogP contribution in [0, 0.1) is 23.7 Å². The summed E-state index contributed by atoms with van der Waals surface area (Å²) in [4.78, 5) is 18.3. The summed E-state index contributed by atoms with van der Waals surface area (Å²) in [6, 6.07) is 13.4. The molecule has 1 aliphatic rings. The number of aromatic nitrogens is 1. The number of pyridine rings is 1. The number of aryl methyl sites for hydroxylation is 1. The van der Waals surface area contributed by atoms with Crippen LogP contribution < -0.4 is 4.74 Å². The molecule has 1 aliphatic heterocycles. The second kappa shape index (κ2) is 12.5. The number of hydrogen-bond donors (Lipinski definition) is 1. The van der Waals surface area contributed by atoms with Crippen molar-refractivity contribution in [3.63, 3.8) is 0 Å². The number of nitrogens with zero attached hydrogens (tertiary/aromatic N) is 2. The fourth-order valence-electron chi connectivity index (χ4n) is 5.04. The third-order valence-electron chi connectivity index (χ3n) is 6.93. The highest BCUT2D eigenvalue weighted by Crippen LogP contribution is 2.31. The predicted molar refractivity (Wildman–Crippen MR) is 145 cm³/mol. The molecule has 0 aliphatic carbocycles. The largest absolute Gasteiger partial charge is 0.497 e. The van der Waals surface area contributed by atoms with Crippen LogP contribution in [-0.4, -0.2) is 47.7 Å². The van der Waals surface area contributed by atoms with Crippen LogP contribution in [0.2, 0.25) is 10.0 Å². The number of carbonyl (C=O) groups is 1. The number of fused-ring (bicyclic) bond motifs is 1. The van der Waals surface area contributed by atoms with Gasteiger partial charge in [-0.3, -0.25) is 14.7 Å². The van der Waals surface area contributed by atoms with Crippen LogP contribution >= 0.6 is 23.2 Å². The average molecular weight is 525 g/mol. The third-order valence-corrected chi connectivity index (χ3v) is 7.67. The van der Waals surface area contributed by atoms with Gasteiger partial charge in [-0.1, -0.05) is 35.0 Å². The van der Waals surface area contributed by atoms with Gasteiger partial charge in [-0.15, -0.1) is 0 Å². The standard InChI is InChI=1S/C29H30Cl2N2O3/c1-36-24-8-10-28-25(18-24)22(11-13-32-28)6-2-5-21-12-15-33(19-23(21)17-29(34)35)14-3-4-20-7-9-26(30)27(31)16-20/h7-11,13,16,18,21,23H,2,5-6,12,14-15,17,19H2,1H3,(H,34,35)/t21-,23+/m1/s1. The monoisotopic (exact) mass is 524 g/mol. The van der Waals surface area contributed by atoms with E-state index in [0.717, 1.165) is 61.0 Å². The van der Waals surface area contributed by atoms with E-state index in [1.165, 1.54) is 5.56 Å². The quantitative estimate of drug-likeness (QED) is 0.348. The molecule has 188 valence electrons. The topological polar surface area (TPSA) is 62.7 Å². The van der Waals surface area contributed by atoms with E-state index in [-0.39, 0.29) is 12.3 Å². The van der Waals surface area contributed by atoms with Crippen molar-refractivity contribution < 1.29 is 14.6 Å². The lowest BCUT2D eigenvalue weighted by molar-refractivity contribution is -0.139. The minimum Gasteiger partial charge on any atom is -0.497 e. The summed E-state index contributed by atoms with van der Waals surface area (Å²) in [5, 5.41) is 11.6. The number of benzene rings is 2. The van der Waals surface area contributed by atoms with E-state index in [1.54, 1.807) is 19.2 Å². The van der Waals surface area contributed by atoms with Crippen molar-refractivity contribution in [3.05, 3.63) is 69.8 Å². The first-order valence-corrected chi connectivity index (χ1v) is 13.0. The molecule has 0 bridgehead atoms. The van der Waals surface area contributed by atoms with Crippen molar-refractivity contribution in [2.75, 3.05) is 26.7 Å². The van der Waals surface area contributed by atoms with Crippen molar-refractivity contribution in [1.82, 2.24) is 9.88 Å². The van der Waals surface area contributed by atoms with Crippen molar-refractivity contribution >= 4 is 40.1 Å². The number of rotatable bonds is 8. The summed E-state index contributed by atoms with van der Waals surface area (Å²) in [6.45, 7) is 2.28. The van der Waals surface area contributed by atoms with E-state index in [9.17, 15) is 9.90 Å². The number of aliphatic carboxylic acids is 1. The highest BCUT2D eigenvalue weighted by molar-refractivity contribution is 6.42. The Morgan fingerprint density at radius 3 is 2.81 bits per heavy atom. The third kappa shape index (κ3) is 6.91. The number of methoxy groups -OCH3 is 1. The lowest BCUT2D eigenvalue weighted by Gasteiger charge is -2.37. The van der Waals surface area contributed by atoms with Crippen LogP contribution in [0.15, 0.2) is 48.7 Å². The molecule has 7 heteroatoms. The summed E-state index contributed by atoms with van der Waals surface area (Å²) in [5.74, 6) is 6.95. The number of ether oxygens (including phenoxy) is 1. The van der Waals surface area contributed by atoms with Crippen LogP contribution in [0.25, 0.3) is 10.9 Å². The molecule has 0 saturated carbocycles. The van der Waals surface area contributed by atoms with Crippen molar-refractivity contribution in [3.8, 4) is 17.6 Å². The molecule has 2 heterocycles. The van der Waals surface area contributed by atoms with Gasteiger partial charge in [0.25, 0.3) is 0 Å². The maximum atomic E-state index is 11.6. The molecular weight excluding hydrogens is 495 g/mol. The number of halogens is 2. The van der Waals surface area contributed by atoms with Crippen LogP contribution in [0.3, 0.4) is 0 Å². The molecule has 2 atom stereocenters. The maximum Gasteiger partial charge on any atom is 0.303 e. The average Bonchev–Trinajstić information content (AvgIpc) is 2.87. The minimum absolute atomic E-state index is 0.123. The summed E-state index contributed by atoms with van der Waals surface area (Å²) < 4.78 is 5.39. The number of piperidine rings is 1. The van der Waals surface area contributed by atoms with Gasteiger partial charge in [0.15, 0.2) is 0 Å². The van der Waals surface area contributed by atoms with Crippen LogP contribution in [-0.2, 0) is 11.2 Å². The normalized spacial score (nSPS) is 18.0. The van der Waals surface area contributed by atoms with Gasteiger partial charge in [0.1, 0.15) is 5.75 Å². The van der Waals surface area contributed by atoms with Crippen molar-refractivity contribution in [2.24, 2.45) is 11.8 Å². The Morgan fingerprint density at radius 1 is 1.17 bits per heavy atom. The van der Waals surface area contributed by atoms with Gasteiger partial charge >= 0.3 is 5.97 Å². The Bertz CT molecular complexity index is 1280. The van der Waals surface area contributed by atoms with Gasteiger partial charge in [-0.25, -0.2) is 0 Å². The van der Waals surface area contributed by atoms with Gasteiger partial charge in [0, 0.05) is 30.1 Å². The Labute approximate surface area is 222 Å². The molecule has 3 aromatic rings. The molecule has 0 unspecified atom stereocenters. The highest BCUT2D eigenvalue weighted by atomic mass is 35.5. The first kappa shape index (κ1) is 26.3. The van der Waals surface area contributed by atoms with E-state index in [4.69, 9.17) is 27.9 Å². The fraction of sp³-hybridized carbons (Fsp3) is 0.379. The zero-order chi connectivity index (χ0) is 25.5. The number of carboxylic acid groups (broad SMARTS) is 1. The molecular formula is C29H30Cl2N2O3. The number of hydrogen-bond acceptors (Lipinski definition) is 4. The van der Waals surface area contributed by atoms with E-state index < -0.39 is 5.97 Å². The molecule has 5 nitrogen and oxygen atoms in total. The Kier molecular flexibility index (Phi) is 9.09. The molecule has 2 aromatic carbocycles. The molecule has 1 aromatic heterocycles. The molecule has 0 spiro atoms. The summed E-state index contributed by atoms with van der Waals surface area (Å²) >= 11 is 12.0. The zero-order valence-electron chi connectivity index (χ0n) is 20.3. The van der Waals surface area contributed by atoms with E-state index >= 15 is 0 Å². The van der Waals surface area contributed by atoms with Crippen LogP contribution in [0.1, 0.15) is 36.8 Å². The molecule has 1 N–H and O–H groups in total. The van der Waals surface area contributed by atoms with E-state index in [1.807, 2.05) is 30.5 Å². The first-order valence-electron chi connectivity index (χ1n) is 12.2. The van der Waals surface area contributed by atoms with Crippen molar-refractivity contribution in [1.29, 1.82) is 0 Å². The summed E-state index contributed by atoms with van der Waals surface area (Å²) in [7, 11) is 1.67. The number of likely N-dealkylation sites (tertiary alicyclic amines) is 1. The Morgan fingerprint density at radius 2 is 2.03 bits per heavy atom.